The minimum absolute atomic E-state index is 0.00584. The molecule has 0 saturated heterocycles. The number of nitrogens with zero attached hydrogens (tertiary/aromatic N) is 1. The molecule has 0 aromatic heterocycles. The standard InChI is InChI=1S/C19H17F6NO2/c1-13(15-4-8-17(9-5-15)27-11-10-18(20,21)22)26-28-12-14-2-6-16(7-3-14)19(23,24)25/h2-9H,10-12H2,1H3. The van der Waals surface area contributed by atoms with E-state index in [1.807, 2.05) is 0 Å². The second-order valence-electron chi connectivity index (χ2n) is 5.88. The number of hydrogen-bond acceptors (Lipinski definition) is 3. The predicted molar refractivity (Wildman–Crippen MR) is 91.1 cm³/mol. The molecule has 0 saturated carbocycles. The summed E-state index contributed by atoms with van der Waals surface area (Å²) in [7, 11) is 0. The minimum atomic E-state index is -4.39. The molecule has 0 amide bonds. The van der Waals surface area contributed by atoms with Gasteiger partial charge in [-0.1, -0.05) is 17.3 Å². The van der Waals surface area contributed by atoms with Crippen molar-refractivity contribution in [2.24, 2.45) is 5.16 Å². The van der Waals surface area contributed by atoms with Gasteiger partial charge in [-0.15, -0.1) is 0 Å². The van der Waals surface area contributed by atoms with E-state index in [1.165, 1.54) is 24.3 Å². The Morgan fingerprint density at radius 2 is 1.50 bits per heavy atom. The number of benzene rings is 2. The maximum atomic E-state index is 12.5. The third kappa shape index (κ3) is 7.13. The van der Waals surface area contributed by atoms with E-state index in [4.69, 9.17) is 9.57 Å². The number of alkyl halides is 6. The first-order chi connectivity index (χ1) is 13.0. The van der Waals surface area contributed by atoms with Crippen LogP contribution in [0, 0.1) is 0 Å². The van der Waals surface area contributed by atoms with E-state index in [2.05, 4.69) is 5.16 Å². The number of oxime groups is 1. The summed E-state index contributed by atoms with van der Waals surface area (Å²) in [6.07, 6.45) is -9.70. The smallest absolute Gasteiger partial charge is 0.416 e. The summed E-state index contributed by atoms with van der Waals surface area (Å²) in [4.78, 5) is 5.14. The zero-order chi connectivity index (χ0) is 20.8. The molecule has 0 aliphatic rings. The number of hydrogen-bond donors (Lipinski definition) is 0. The Morgan fingerprint density at radius 3 is 2.04 bits per heavy atom. The summed E-state index contributed by atoms with van der Waals surface area (Å²) in [5.41, 5.74) is 0.941. The fourth-order valence-electron chi connectivity index (χ4n) is 2.12. The lowest BCUT2D eigenvalue weighted by Gasteiger charge is -2.09. The summed E-state index contributed by atoms with van der Waals surface area (Å²) in [5, 5.41) is 3.89. The molecule has 3 nitrogen and oxygen atoms in total. The Hall–Kier alpha value is -2.71. The summed E-state index contributed by atoms with van der Waals surface area (Å²) in [6, 6.07) is 10.8. The lowest BCUT2D eigenvalue weighted by Crippen LogP contribution is -2.13. The second-order valence-corrected chi connectivity index (χ2v) is 5.88. The first kappa shape index (κ1) is 21.6. The van der Waals surface area contributed by atoms with E-state index in [-0.39, 0.29) is 6.61 Å². The molecule has 152 valence electrons. The third-order valence-corrected chi connectivity index (χ3v) is 3.64. The van der Waals surface area contributed by atoms with Crippen molar-refractivity contribution in [1.82, 2.24) is 0 Å². The molecule has 9 heteroatoms. The second kappa shape index (κ2) is 8.99. The van der Waals surface area contributed by atoms with Crippen LogP contribution in [0.5, 0.6) is 5.75 Å². The van der Waals surface area contributed by atoms with Crippen LogP contribution < -0.4 is 4.74 Å². The number of ether oxygens (including phenoxy) is 1. The van der Waals surface area contributed by atoms with Crippen LogP contribution in [0.15, 0.2) is 53.7 Å². The summed E-state index contributed by atoms with van der Waals surface area (Å²) < 4.78 is 78.8. The van der Waals surface area contributed by atoms with Gasteiger partial charge in [0.25, 0.3) is 0 Å². The first-order valence-corrected chi connectivity index (χ1v) is 8.17. The largest absolute Gasteiger partial charge is 0.493 e. The van der Waals surface area contributed by atoms with E-state index >= 15 is 0 Å². The van der Waals surface area contributed by atoms with Gasteiger partial charge in [0, 0.05) is 0 Å². The predicted octanol–water partition coefficient (Wildman–Crippen LogP) is 5.98. The van der Waals surface area contributed by atoms with Gasteiger partial charge in [0.15, 0.2) is 0 Å². The molecule has 0 unspecified atom stereocenters. The fraction of sp³-hybridized carbons (Fsp3) is 0.316. The molecule has 0 spiro atoms. The molecule has 0 aliphatic heterocycles. The Balaban J connectivity index is 1.86. The van der Waals surface area contributed by atoms with Crippen LogP contribution in [-0.4, -0.2) is 18.5 Å². The van der Waals surface area contributed by atoms with E-state index in [9.17, 15) is 26.3 Å². The fourth-order valence-corrected chi connectivity index (χ4v) is 2.12. The van der Waals surface area contributed by atoms with Gasteiger partial charge in [-0.3, -0.25) is 0 Å². The molecule has 0 heterocycles. The molecular weight excluding hydrogens is 388 g/mol. The van der Waals surface area contributed by atoms with Crippen LogP contribution in [0.2, 0.25) is 0 Å². The molecule has 0 aliphatic carbocycles. The van der Waals surface area contributed by atoms with Crippen LogP contribution in [0.1, 0.15) is 30.0 Å². The SMILES string of the molecule is CC(=NOCc1ccc(C(F)(F)F)cc1)c1ccc(OCCC(F)(F)F)cc1. The normalized spacial score (nSPS) is 12.8. The Bertz CT molecular complexity index is 780. The van der Waals surface area contributed by atoms with Crippen molar-refractivity contribution in [2.45, 2.75) is 32.3 Å². The zero-order valence-electron chi connectivity index (χ0n) is 14.8. The molecule has 0 bridgehead atoms. The van der Waals surface area contributed by atoms with Gasteiger partial charge < -0.3 is 9.57 Å². The van der Waals surface area contributed by atoms with Crippen molar-refractivity contribution in [3.05, 3.63) is 65.2 Å². The van der Waals surface area contributed by atoms with Gasteiger partial charge in [0.2, 0.25) is 0 Å². The van der Waals surface area contributed by atoms with Crippen molar-refractivity contribution >= 4 is 5.71 Å². The summed E-state index contributed by atoms with van der Waals surface area (Å²) in [6.45, 7) is 1.19. The quantitative estimate of drug-likeness (QED) is 0.322. The van der Waals surface area contributed by atoms with Crippen molar-refractivity contribution < 1.29 is 35.9 Å². The van der Waals surface area contributed by atoms with Gasteiger partial charge in [0.1, 0.15) is 12.4 Å². The Labute approximate surface area is 157 Å². The monoisotopic (exact) mass is 405 g/mol. The van der Waals surface area contributed by atoms with Gasteiger partial charge in [-0.25, -0.2) is 0 Å². The number of rotatable bonds is 7. The van der Waals surface area contributed by atoms with Crippen LogP contribution in [0.3, 0.4) is 0 Å². The van der Waals surface area contributed by atoms with Crippen LogP contribution in [0.25, 0.3) is 0 Å². The molecule has 2 aromatic carbocycles. The van der Waals surface area contributed by atoms with E-state index in [0.717, 1.165) is 12.1 Å². The van der Waals surface area contributed by atoms with Crippen molar-refractivity contribution in [3.8, 4) is 5.75 Å². The maximum Gasteiger partial charge on any atom is 0.416 e. The minimum Gasteiger partial charge on any atom is -0.493 e. The van der Waals surface area contributed by atoms with E-state index in [0.29, 0.717) is 22.6 Å². The zero-order valence-corrected chi connectivity index (χ0v) is 14.8. The average Bonchev–Trinajstić information content (AvgIpc) is 2.61. The van der Waals surface area contributed by atoms with Crippen molar-refractivity contribution in [3.63, 3.8) is 0 Å². The highest BCUT2D eigenvalue weighted by molar-refractivity contribution is 5.98. The highest BCUT2D eigenvalue weighted by Gasteiger charge is 2.30. The first-order valence-electron chi connectivity index (χ1n) is 8.17. The van der Waals surface area contributed by atoms with Crippen LogP contribution >= 0.6 is 0 Å². The third-order valence-electron chi connectivity index (χ3n) is 3.64. The van der Waals surface area contributed by atoms with Gasteiger partial charge in [0.05, 0.1) is 24.3 Å². The Kier molecular flexibility index (Phi) is 6.93. The average molecular weight is 405 g/mol. The highest BCUT2D eigenvalue weighted by atomic mass is 19.4. The highest BCUT2D eigenvalue weighted by Crippen LogP contribution is 2.29. The molecule has 0 atom stereocenters. The topological polar surface area (TPSA) is 30.8 Å². The molecule has 2 rings (SSSR count). The van der Waals surface area contributed by atoms with E-state index in [1.54, 1.807) is 19.1 Å². The molecule has 28 heavy (non-hydrogen) atoms. The lowest BCUT2D eigenvalue weighted by atomic mass is 10.1. The summed E-state index contributed by atoms with van der Waals surface area (Å²) >= 11 is 0. The Morgan fingerprint density at radius 1 is 0.893 bits per heavy atom. The van der Waals surface area contributed by atoms with Crippen molar-refractivity contribution in [1.29, 1.82) is 0 Å². The van der Waals surface area contributed by atoms with Gasteiger partial charge in [-0.05, 0) is 54.4 Å². The molecule has 2 aromatic rings. The van der Waals surface area contributed by atoms with Gasteiger partial charge in [-0.2, -0.15) is 26.3 Å². The van der Waals surface area contributed by atoms with Crippen LogP contribution in [0.4, 0.5) is 26.3 Å². The van der Waals surface area contributed by atoms with E-state index < -0.39 is 30.9 Å². The van der Waals surface area contributed by atoms with Gasteiger partial charge >= 0.3 is 12.4 Å². The summed E-state index contributed by atoms with van der Waals surface area (Å²) in [5.74, 6) is 0.298. The van der Waals surface area contributed by atoms with Crippen molar-refractivity contribution in [2.75, 3.05) is 6.61 Å². The maximum absolute atomic E-state index is 12.5. The molecule has 0 N–H and O–H groups in total. The number of halogens is 6. The lowest BCUT2D eigenvalue weighted by molar-refractivity contribution is -0.139. The molecular formula is C19H17F6NO2. The molecule has 0 radical (unpaired) electrons. The molecule has 0 fully saturated rings. The van der Waals surface area contributed by atoms with Crippen LogP contribution in [-0.2, 0) is 17.6 Å².